The monoisotopic (exact) mass is 598 g/mol. The molecule has 0 radical (unpaired) electrons. The topological polar surface area (TPSA) is 156 Å². The minimum Gasteiger partial charge on any atom is -0.480 e. The fourth-order valence-corrected chi connectivity index (χ4v) is 6.01. The number of aryl methyl sites for hydroxylation is 2. The highest BCUT2D eigenvalue weighted by Crippen LogP contribution is 2.17. The van der Waals surface area contributed by atoms with Crippen LogP contribution in [0.25, 0.3) is 0 Å². The first-order chi connectivity index (χ1) is 20.6. The zero-order chi connectivity index (χ0) is 30.8. The van der Waals surface area contributed by atoms with Crippen molar-refractivity contribution in [1.82, 2.24) is 20.1 Å². The van der Waals surface area contributed by atoms with E-state index >= 15 is 0 Å². The van der Waals surface area contributed by atoms with Gasteiger partial charge in [0.1, 0.15) is 5.69 Å². The Balaban J connectivity index is 1.51. The van der Waals surface area contributed by atoms with E-state index in [9.17, 15) is 18.6 Å². The molecule has 2 heterocycles. The third-order valence-corrected chi connectivity index (χ3v) is 8.40. The van der Waals surface area contributed by atoms with E-state index in [-0.39, 0.29) is 23.8 Å². The second kappa shape index (κ2) is 14.2. The van der Waals surface area contributed by atoms with E-state index in [1.165, 1.54) is 23.1 Å². The summed E-state index contributed by atoms with van der Waals surface area (Å²) in [5, 5.41) is 18.6. The molecule has 3 N–H and O–H groups in total. The summed E-state index contributed by atoms with van der Waals surface area (Å²) < 4.78 is 19.5. The Morgan fingerprint density at radius 1 is 1.00 bits per heavy atom. The Labute approximate surface area is 249 Å². The van der Waals surface area contributed by atoms with Crippen molar-refractivity contribution in [3.05, 3.63) is 107 Å². The number of anilines is 1. The number of carboxylic acids is 1. The van der Waals surface area contributed by atoms with Gasteiger partial charge in [-0.25, -0.2) is 4.21 Å². The maximum absolute atomic E-state index is 13.9. The van der Waals surface area contributed by atoms with Gasteiger partial charge in [-0.15, -0.1) is 0 Å². The Morgan fingerprint density at radius 3 is 2.49 bits per heavy atom. The van der Waals surface area contributed by atoms with Crippen molar-refractivity contribution in [3.8, 4) is 11.8 Å². The lowest BCUT2D eigenvalue weighted by molar-refractivity contribution is -0.135. The van der Waals surface area contributed by atoms with Crippen LogP contribution in [0.5, 0.6) is 0 Å². The van der Waals surface area contributed by atoms with E-state index in [1.54, 1.807) is 67.7 Å². The van der Waals surface area contributed by atoms with E-state index < -0.39 is 21.6 Å². The number of nitrogens with one attached hydrogen (secondary N) is 2. The van der Waals surface area contributed by atoms with E-state index in [0.717, 1.165) is 5.69 Å². The number of amides is 2. The van der Waals surface area contributed by atoms with Gasteiger partial charge in [-0.1, -0.05) is 36.1 Å². The molecule has 12 heteroatoms. The van der Waals surface area contributed by atoms with Gasteiger partial charge in [0.05, 0.1) is 27.5 Å². The first kappa shape index (κ1) is 30.8. The molecule has 0 saturated heterocycles. The number of hydrogen-bond acceptors (Lipinski definition) is 7. The van der Waals surface area contributed by atoms with E-state index in [1.807, 2.05) is 6.92 Å². The predicted octanol–water partition coefficient (Wildman–Crippen LogP) is 3.51. The van der Waals surface area contributed by atoms with Crippen LogP contribution in [0.15, 0.2) is 88.4 Å². The number of carboxylic acid groups (broad SMARTS) is 1. The second-order valence-electron chi connectivity index (χ2n) is 9.52. The highest BCUT2D eigenvalue weighted by molar-refractivity contribution is 7.94. The molecule has 43 heavy (non-hydrogen) atoms. The zero-order valence-electron chi connectivity index (χ0n) is 23.6. The predicted molar refractivity (Wildman–Crippen MR) is 162 cm³/mol. The summed E-state index contributed by atoms with van der Waals surface area (Å²) in [5.74, 6) is 4.07. The molecule has 11 nitrogen and oxygen atoms in total. The summed E-state index contributed by atoms with van der Waals surface area (Å²) in [6.45, 7) is 1.90. The molecule has 4 aromatic rings. The van der Waals surface area contributed by atoms with Gasteiger partial charge in [0.2, 0.25) is 0 Å². The Hall–Kier alpha value is -5.12. The molecular weight excluding hydrogens is 568 g/mol. The number of carbonyl (C=O) groups is 3. The Kier molecular flexibility index (Phi) is 10.2. The molecule has 2 amide bonds. The van der Waals surface area contributed by atoms with Crippen molar-refractivity contribution in [3.63, 3.8) is 0 Å². The van der Waals surface area contributed by atoms with Crippen LogP contribution in [0.4, 0.5) is 5.69 Å². The number of carbonyl (C=O) groups excluding carboxylic acids is 2. The summed E-state index contributed by atoms with van der Waals surface area (Å²) in [6, 6.07) is 18.8. The number of benzene rings is 2. The van der Waals surface area contributed by atoms with Gasteiger partial charge in [-0.2, -0.15) is 9.46 Å². The summed E-state index contributed by atoms with van der Waals surface area (Å²) in [5.41, 5.74) is 2.94. The van der Waals surface area contributed by atoms with Crippen molar-refractivity contribution < 1.29 is 23.7 Å². The number of hydrogen-bond donors (Lipinski definition) is 3. The van der Waals surface area contributed by atoms with Gasteiger partial charge >= 0.3 is 5.97 Å². The number of pyridine rings is 1. The van der Waals surface area contributed by atoms with Gasteiger partial charge in [-0.3, -0.25) is 24.0 Å². The molecule has 1 atom stereocenters. The maximum atomic E-state index is 13.9. The van der Waals surface area contributed by atoms with Crippen molar-refractivity contribution in [2.24, 2.45) is 11.4 Å². The largest absolute Gasteiger partial charge is 0.480 e. The second-order valence-corrected chi connectivity index (χ2v) is 11.9. The molecule has 0 bridgehead atoms. The minimum absolute atomic E-state index is 0.0649. The molecule has 0 aliphatic rings. The van der Waals surface area contributed by atoms with Crippen LogP contribution >= 0.6 is 0 Å². The fraction of sp³-hybridized carbons (Fsp3) is 0.194. The summed E-state index contributed by atoms with van der Waals surface area (Å²) in [6.07, 6.45) is 3.19. The number of rotatable bonds is 10. The molecule has 0 saturated carbocycles. The normalized spacial score (nSPS) is 12.0. The number of aromatic nitrogens is 3. The molecule has 0 spiro atoms. The van der Waals surface area contributed by atoms with Crippen LogP contribution in [-0.2, 0) is 21.6 Å². The highest BCUT2D eigenvalue weighted by atomic mass is 32.2. The van der Waals surface area contributed by atoms with Gasteiger partial charge in [0.15, 0.2) is 0 Å². The lowest BCUT2D eigenvalue weighted by Crippen LogP contribution is -2.25. The van der Waals surface area contributed by atoms with Crippen molar-refractivity contribution >= 4 is 33.2 Å². The zero-order valence-corrected chi connectivity index (χ0v) is 24.4. The van der Waals surface area contributed by atoms with E-state index in [0.29, 0.717) is 40.4 Å². The van der Waals surface area contributed by atoms with Gasteiger partial charge in [-0.05, 0) is 62.4 Å². The van der Waals surface area contributed by atoms with Crippen molar-refractivity contribution in [2.45, 2.75) is 18.2 Å². The summed E-state index contributed by atoms with van der Waals surface area (Å²) in [4.78, 5) is 41.1. The van der Waals surface area contributed by atoms with Crippen LogP contribution in [0.3, 0.4) is 0 Å². The number of aliphatic carboxylic acids is 1. The van der Waals surface area contributed by atoms with Crippen LogP contribution in [0.1, 0.15) is 44.1 Å². The Morgan fingerprint density at radius 2 is 1.77 bits per heavy atom. The van der Waals surface area contributed by atoms with E-state index in [4.69, 9.17) is 5.11 Å². The lowest BCUT2D eigenvalue weighted by atomic mass is 10.1. The summed E-state index contributed by atoms with van der Waals surface area (Å²) >= 11 is 0. The molecule has 220 valence electrons. The fourth-order valence-electron chi connectivity index (χ4n) is 4.09. The number of nitrogens with zero attached hydrogens (tertiary/aromatic N) is 4. The molecule has 2 aromatic carbocycles. The molecule has 0 fully saturated rings. The molecule has 0 aliphatic carbocycles. The van der Waals surface area contributed by atoms with Gasteiger partial charge in [0, 0.05) is 46.9 Å². The first-order valence-electron chi connectivity index (χ1n) is 13.3. The molecule has 0 aliphatic heterocycles. The minimum atomic E-state index is -3.14. The average Bonchev–Trinajstić information content (AvgIpc) is 3.34. The molecule has 2 aromatic heterocycles. The quantitative estimate of drug-likeness (QED) is 0.185. The average molecular weight is 599 g/mol. The Bertz CT molecular complexity index is 1830. The standard InChI is InChI=1S/C31H30N6O5S/c1-22-16-28(37(2)35-22)31(41)34-26-9-6-8-23(18-26)12-13-24-17-25(20-33-19-24)30(40)36-43(42,27-10-4-3-5-11-27)15-7-14-32-21-29(38)39/h3-6,8-11,16-20,32H,7,14-15,21H2,1-2H3,(H,34,41)(H,38,39)/t43-/m0/s1. The smallest absolute Gasteiger partial charge is 0.317 e. The van der Waals surface area contributed by atoms with E-state index in [2.05, 4.69) is 36.9 Å². The van der Waals surface area contributed by atoms with Crippen LogP contribution in [-0.4, -0.2) is 60.7 Å². The third kappa shape index (κ3) is 8.68. The molecule has 0 unspecified atom stereocenters. The first-order valence-corrected chi connectivity index (χ1v) is 15.0. The lowest BCUT2D eigenvalue weighted by Gasteiger charge is -2.10. The van der Waals surface area contributed by atoms with Crippen molar-refractivity contribution in [2.75, 3.05) is 24.2 Å². The van der Waals surface area contributed by atoms with Crippen LogP contribution < -0.4 is 10.6 Å². The highest BCUT2D eigenvalue weighted by Gasteiger charge is 2.17. The third-order valence-electron chi connectivity index (χ3n) is 6.08. The molecular formula is C31H30N6O5S. The van der Waals surface area contributed by atoms with Gasteiger partial charge in [0.25, 0.3) is 11.8 Å². The summed E-state index contributed by atoms with van der Waals surface area (Å²) in [7, 11) is -1.43. The molecule has 4 rings (SSSR count). The van der Waals surface area contributed by atoms with Gasteiger partial charge < -0.3 is 15.7 Å². The SMILES string of the molecule is Cc1cc(C(=O)Nc2cccc(C#Cc3cncc(C(=O)N=[S@](=O)(CCCNCC(=O)O)c4ccccc4)c3)c2)n(C)n1. The van der Waals surface area contributed by atoms with Crippen LogP contribution in [0.2, 0.25) is 0 Å². The maximum Gasteiger partial charge on any atom is 0.317 e. The van der Waals surface area contributed by atoms with Crippen molar-refractivity contribution in [1.29, 1.82) is 0 Å². The van der Waals surface area contributed by atoms with Crippen LogP contribution in [0, 0.1) is 18.8 Å².